The predicted molar refractivity (Wildman–Crippen MR) is 137 cm³/mol. The Bertz CT molecular complexity index is 1040. The van der Waals surface area contributed by atoms with Crippen LogP contribution in [-0.2, 0) is 19.1 Å². The molecule has 1 saturated heterocycles. The van der Waals surface area contributed by atoms with Crippen molar-refractivity contribution in [2.75, 3.05) is 6.61 Å². The van der Waals surface area contributed by atoms with Gasteiger partial charge in [0.1, 0.15) is 17.3 Å². The van der Waals surface area contributed by atoms with Gasteiger partial charge in [-0.15, -0.1) is 0 Å². The van der Waals surface area contributed by atoms with Gasteiger partial charge in [-0.25, -0.2) is 0 Å². The summed E-state index contributed by atoms with van der Waals surface area (Å²) in [5.74, 6) is -1.80. The molecule has 0 aromatic carbocycles. The van der Waals surface area contributed by atoms with E-state index in [0.717, 1.165) is 19.3 Å². The van der Waals surface area contributed by atoms with Crippen molar-refractivity contribution >= 4 is 11.8 Å². The zero-order valence-electron chi connectivity index (χ0n) is 23.0. The maximum absolute atomic E-state index is 13.2. The summed E-state index contributed by atoms with van der Waals surface area (Å²) in [6.07, 6.45) is 10.7. The lowest BCUT2D eigenvalue weighted by Gasteiger charge is -2.42. The fraction of sp³-hybridized carbons (Fsp3) is 0.800. The van der Waals surface area contributed by atoms with Gasteiger partial charge in [-0.3, -0.25) is 9.59 Å². The number of carbonyl (C=O) groups is 2. The number of esters is 1. The first kappa shape index (κ1) is 27.0. The van der Waals surface area contributed by atoms with Crippen molar-refractivity contribution in [3.05, 3.63) is 23.3 Å². The van der Waals surface area contributed by atoms with Crippen LogP contribution < -0.4 is 0 Å². The Labute approximate surface area is 220 Å². The molecule has 37 heavy (non-hydrogen) atoms. The van der Waals surface area contributed by atoms with Gasteiger partial charge in [-0.2, -0.15) is 0 Å². The monoisotopic (exact) mass is 516 g/mol. The molecule has 8 atom stereocenters. The van der Waals surface area contributed by atoms with Gasteiger partial charge in [0.2, 0.25) is 0 Å². The summed E-state index contributed by atoms with van der Waals surface area (Å²) in [6.45, 7) is 9.47. The molecule has 7 heteroatoms. The second-order valence-corrected chi connectivity index (χ2v) is 12.9. The van der Waals surface area contributed by atoms with Crippen LogP contribution in [0.3, 0.4) is 0 Å². The number of ether oxygens (including phenoxy) is 2. The zero-order valence-corrected chi connectivity index (χ0v) is 23.0. The number of unbranched alkanes of at least 4 members (excludes halogenated alkanes) is 6. The summed E-state index contributed by atoms with van der Waals surface area (Å²) in [5, 5.41) is 33.7. The van der Waals surface area contributed by atoms with Crippen molar-refractivity contribution in [1.29, 1.82) is 0 Å². The van der Waals surface area contributed by atoms with Crippen molar-refractivity contribution in [1.82, 2.24) is 0 Å². The Kier molecular flexibility index (Phi) is 6.38. The van der Waals surface area contributed by atoms with Gasteiger partial charge in [0.05, 0.1) is 6.61 Å². The fourth-order valence-corrected chi connectivity index (χ4v) is 8.66. The number of rotatable bonds is 10. The van der Waals surface area contributed by atoms with Crippen molar-refractivity contribution in [3.63, 3.8) is 0 Å². The Hall–Kier alpha value is -1.54. The molecule has 2 unspecified atom stereocenters. The lowest BCUT2D eigenvalue weighted by molar-refractivity contribution is -0.176. The van der Waals surface area contributed by atoms with Gasteiger partial charge in [0.25, 0.3) is 0 Å². The molecule has 0 aromatic heterocycles. The van der Waals surface area contributed by atoms with E-state index in [9.17, 15) is 24.9 Å². The van der Waals surface area contributed by atoms with E-state index in [-0.39, 0.29) is 36.6 Å². The van der Waals surface area contributed by atoms with Crippen LogP contribution in [-0.4, -0.2) is 62.2 Å². The molecule has 3 N–H and O–H groups in total. The van der Waals surface area contributed by atoms with Gasteiger partial charge in [0.15, 0.2) is 17.0 Å². The van der Waals surface area contributed by atoms with E-state index in [2.05, 4.69) is 6.92 Å². The molecule has 1 heterocycles. The molecule has 0 aromatic rings. The van der Waals surface area contributed by atoms with Crippen molar-refractivity contribution in [2.24, 2.45) is 23.2 Å². The second-order valence-electron chi connectivity index (χ2n) is 12.9. The SMILES string of the molecule is CCCCCCCCCC(=O)O[C@]12C([C@@H]3C=C(CO)C[C@]4(O)C(=O)C(C)=CC45O[C@]35[C@H](C)[C@H]1O)C2(C)C. The number of ketones is 1. The van der Waals surface area contributed by atoms with Gasteiger partial charge in [0, 0.05) is 36.0 Å². The predicted octanol–water partition coefficient (Wildman–Crippen LogP) is 3.78. The van der Waals surface area contributed by atoms with Crippen LogP contribution in [0.5, 0.6) is 0 Å². The Morgan fingerprint density at radius 2 is 1.81 bits per heavy atom. The quantitative estimate of drug-likeness (QED) is 0.175. The van der Waals surface area contributed by atoms with Crippen molar-refractivity contribution < 1.29 is 34.4 Å². The van der Waals surface area contributed by atoms with Gasteiger partial charge in [-0.1, -0.05) is 72.3 Å². The first-order valence-corrected chi connectivity index (χ1v) is 14.3. The number of aliphatic hydroxyl groups excluding tert-OH is 2. The number of hydrogen-bond donors (Lipinski definition) is 3. The number of epoxide rings is 1. The molecule has 2 saturated carbocycles. The van der Waals surface area contributed by atoms with Crippen molar-refractivity contribution in [3.8, 4) is 0 Å². The average Bonchev–Trinajstić information content (AvgIpc) is 3.65. The highest BCUT2D eigenvalue weighted by Gasteiger charge is 2.95. The third-order valence-electron chi connectivity index (χ3n) is 10.6. The first-order valence-electron chi connectivity index (χ1n) is 14.3. The highest BCUT2D eigenvalue weighted by atomic mass is 16.7. The molecular formula is C30H44O7. The average molecular weight is 517 g/mol. The molecule has 0 amide bonds. The van der Waals surface area contributed by atoms with Crippen LogP contribution in [0.4, 0.5) is 0 Å². The van der Waals surface area contributed by atoms with Crippen LogP contribution in [0, 0.1) is 23.2 Å². The molecular weight excluding hydrogens is 472 g/mol. The minimum Gasteiger partial charge on any atom is -0.455 e. The van der Waals surface area contributed by atoms with E-state index in [1.54, 1.807) is 13.0 Å². The third kappa shape index (κ3) is 3.26. The molecule has 0 radical (unpaired) electrons. The van der Waals surface area contributed by atoms with Crippen LogP contribution in [0.2, 0.25) is 0 Å². The number of aliphatic hydroxyl groups is 3. The summed E-state index contributed by atoms with van der Waals surface area (Å²) in [5.41, 5.74) is -4.70. The highest BCUT2D eigenvalue weighted by molar-refractivity contribution is 6.07. The van der Waals surface area contributed by atoms with E-state index in [1.165, 1.54) is 25.7 Å². The lowest BCUT2D eigenvalue weighted by Crippen LogP contribution is -2.60. The van der Waals surface area contributed by atoms with E-state index >= 15 is 0 Å². The summed E-state index contributed by atoms with van der Waals surface area (Å²) >= 11 is 0. The topological polar surface area (TPSA) is 117 Å². The first-order chi connectivity index (χ1) is 17.4. The minimum atomic E-state index is -1.82. The maximum Gasteiger partial charge on any atom is 0.306 e. The van der Waals surface area contributed by atoms with E-state index in [4.69, 9.17) is 9.47 Å². The smallest absolute Gasteiger partial charge is 0.306 e. The van der Waals surface area contributed by atoms with Crippen LogP contribution in [0.1, 0.15) is 92.4 Å². The largest absolute Gasteiger partial charge is 0.455 e. The lowest BCUT2D eigenvalue weighted by atomic mass is 9.62. The molecule has 4 aliphatic carbocycles. The number of hydrogen-bond acceptors (Lipinski definition) is 7. The van der Waals surface area contributed by atoms with Crippen LogP contribution in [0.15, 0.2) is 23.3 Å². The third-order valence-corrected chi connectivity index (χ3v) is 10.6. The standard InChI is InChI=1S/C30H44O7/c1-6-7-8-9-10-11-12-13-22(32)36-30-23(26(30,4)5)21-14-20(17-31)16-27(35)24(33)18(2)15-28(27)29(21,37-28)19(3)25(30)34/h14-15,19,21,23,25,31,34-35H,6-13,16-17H2,1-5H3/t19-,21+,23?,25-,27+,28?,29-,30-/m1/s1. The second kappa shape index (κ2) is 8.73. The molecule has 1 aliphatic heterocycles. The molecule has 7 nitrogen and oxygen atoms in total. The molecule has 2 spiro atoms. The van der Waals surface area contributed by atoms with Crippen LogP contribution >= 0.6 is 0 Å². The van der Waals surface area contributed by atoms with E-state index in [0.29, 0.717) is 17.6 Å². The van der Waals surface area contributed by atoms with E-state index < -0.39 is 39.8 Å². The maximum atomic E-state index is 13.2. The summed E-state index contributed by atoms with van der Waals surface area (Å²) in [4.78, 5) is 26.2. The van der Waals surface area contributed by atoms with Crippen LogP contribution in [0.25, 0.3) is 0 Å². The normalized spacial score (nSPS) is 44.5. The molecule has 206 valence electrons. The molecule has 5 rings (SSSR count). The fourth-order valence-electron chi connectivity index (χ4n) is 8.66. The number of Topliss-reactive ketones (excluding diaryl/α,β-unsaturated/α-hetero) is 1. The van der Waals surface area contributed by atoms with E-state index in [1.807, 2.05) is 26.8 Å². The molecule has 5 aliphatic rings. The summed E-state index contributed by atoms with van der Waals surface area (Å²) in [6, 6.07) is 0. The van der Waals surface area contributed by atoms with Gasteiger partial charge >= 0.3 is 5.97 Å². The zero-order chi connectivity index (χ0) is 27.0. The number of fused-ring (bicyclic) bond motifs is 2. The van der Waals surface area contributed by atoms with Crippen molar-refractivity contribution in [2.45, 2.75) is 121 Å². The summed E-state index contributed by atoms with van der Waals surface area (Å²) < 4.78 is 12.7. The highest BCUT2D eigenvalue weighted by Crippen LogP contribution is 2.82. The Morgan fingerprint density at radius 3 is 2.46 bits per heavy atom. The van der Waals surface area contributed by atoms with Gasteiger partial charge in [-0.05, 0) is 30.6 Å². The molecule has 0 bridgehead atoms. The Balaban J connectivity index is 1.40. The summed E-state index contributed by atoms with van der Waals surface area (Å²) in [7, 11) is 0. The Morgan fingerprint density at radius 1 is 1.16 bits per heavy atom. The number of carbonyl (C=O) groups excluding carboxylic acids is 2. The minimum absolute atomic E-state index is 0.0184. The van der Waals surface area contributed by atoms with Gasteiger partial charge < -0.3 is 24.8 Å². The molecule has 3 fully saturated rings.